The van der Waals surface area contributed by atoms with Gasteiger partial charge in [0.05, 0.1) is 10.6 Å². The predicted octanol–water partition coefficient (Wildman–Crippen LogP) is 6.42. The molecule has 1 saturated heterocycles. The van der Waals surface area contributed by atoms with Crippen LogP contribution in [0.5, 0.6) is 0 Å². The van der Waals surface area contributed by atoms with E-state index in [9.17, 15) is 4.79 Å². The molecule has 4 rings (SSSR count). The number of hydrogen-bond acceptors (Lipinski definition) is 4. The fraction of sp³-hybridized carbons (Fsp3) is 0.0476. The van der Waals surface area contributed by atoms with E-state index in [-0.39, 0.29) is 5.91 Å². The molecule has 0 unspecified atom stereocenters. The van der Waals surface area contributed by atoms with Crippen molar-refractivity contribution >= 4 is 61.9 Å². The number of carbonyl (C=O) groups is 1. The van der Waals surface area contributed by atoms with Crippen molar-refractivity contribution in [2.75, 3.05) is 4.90 Å². The molecule has 134 valence electrons. The highest BCUT2D eigenvalue weighted by Gasteiger charge is 2.33. The quantitative estimate of drug-likeness (QED) is 0.336. The number of thiocarbonyl (C=S) groups is 1. The van der Waals surface area contributed by atoms with Crippen molar-refractivity contribution in [3.63, 3.8) is 0 Å². The molecule has 0 radical (unpaired) electrons. The van der Waals surface area contributed by atoms with Gasteiger partial charge in [0, 0.05) is 16.1 Å². The Morgan fingerprint density at radius 1 is 1.11 bits per heavy atom. The van der Waals surface area contributed by atoms with Crippen molar-refractivity contribution in [3.05, 3.63) is 81.4 Å². The number of furan rings is 1. The van der Waals surface area contributed by atoms with Gasteiger partial charge in [-0.25, -0.2) is 0 Å². The van der Waals surface area contributed by atoms with Crippen molar-refractivity contribution in [1.29, 1.82) is 0 Å². The van der Waals surface area contributed by atoms with Crippen LogP contribution in [-0.4, -0.2) is 10.2 Å². The lowest BCUT2D eigenvalue weighted by atomic mass is 10.2. The van der Waals surface area contributed by atoms with Gasteiger partial charge in [-0.3, -0.25) is 9.69 Å². The Labute approximate surface area is 175 Å². The van der Waals surface area contributed by atoms with Crippen LogP contribution in [0.1, 0.15) is 11.3 Å². The summed E-state index contributed by atoms with van der Waals surface area (Å²) in [4.78, 5) is 15.0. The van der Waals surface area contributed by atoms with E-state index in [0.29, 0.717) is 15.0 Å². The Hall–Kier alpha value is -2.15. The number of thioether (sulfide) groups is 1. The summed E-state index contributed by atoms with van der Waals surface area (Å²) in [5, 5.41) is 0. The maximum atomic E-state index is 12.8. The first kappa shape index (κ1) is 18.2. The molecular formula is C21H14BrNO2S2. The highest BCUT2D eigenvalue weighted by Crippen LogP contribution is 2.36. The molecule has 3 aromatic rings. The fourth-order valence-electron chi connectivity index (χ4n) is 2.79. The number of benzene rings is 2. The molecule has 1 aliphatic rings. The van der Waals surface area contributed by atoms with E-state index in [1.165, 1.54) is 11.8 Å². The molecule has 0 atom stereocenters. The molecule has 2 heterocycles. The van der Waals surface area contributed by atoms with Gasteiger partial charge in [-0.15, -0.1) is 0 Å². The van der Waals surface area contributed by atoms with Crippen molar-refractivity contribution in [1.82, 2.24) is 0 Å². The van der Waals surface area contributed by atoms with Gasteiger partial charge in [0.15, 0.2) is 4.32 Å². The maximum Gasteiger partial charge on any atom is 0.270 e. The Balaban J connectivity index is 1.61. The SMILES string of the molecule is Cc1cccc(N2C(=O)C(=Cc3ccc(-c4ccc(Br)cc4)o3)SC2=S)c1. The Bertz CT molecular complexity index is 1070. The lowest BCUT2D eigenvalue weighted by Crippen LogP contribution is -2.27. The molecule has 3 nitrogen and oxygen atoms in total. The van der Waals surface area contributed by atoms with E-state index < -0.39 is 0 Å². The normalized spacial score (nSPS) is 15.8. The number of rotatable bonds is 3. The van der Waals surface area contributed by atoms with Crippen LogP contribution in [0.2, 0.25) is 0 Å². The summed E-state index contributed by atoms with van der Waals surface area (Å²) in [6.45, 7) is 1.99. The highest BCUT2D eigenvalue weighted by atomic mass is 79.9. The molecule has 1 aromatic heterocycles. The highest BCUT2D eigenvalue weighted by molar-refractivity contribution is 9.10. The number of hydrogen-bond donors (Lipinski definition) is 0. The first-order chi connectivity index (χ1) is 13.0. The fourth-order valence-corrected chi connectivity index (χ4v) is 4.33. The summed E-state index contributed by atoms with van der Waals surface area (Å²) < 4.78 is 7.43. The molecule has 6 heteroatoms. The molecule has 1 amide bonds. The third kappa shape index (κ3) is 3.78. The van der Waals surface area contributed by atoms with Crippen molar-refractivity contribution in [2.45, 2.75) is 6.92 Å². The summed E-state index contributed by atoms with van der Waals surface area (Å²) in [6.07, 6.45) is 1.75. The van der Waals surface area contributed by atoms with Gasteiger partial charge in [0.25, 0.3) is 5.91 Å². The third-order valence-corrected chi connectivity index (χ3v) is 5.91. The predicted molar refractivity (Wildman–Crippen MR) is 119 cm³/mol. The van der Waals surface area contributed by atoms with Gasteiger partial charge in [-0.2, -0.15) is 0 Å². The van der Waals surface area contributed by atoms with Crippen LogP contribution >= 0.6 is 39.9 Å². The van der Waals surface area contributed by atoms with E-state index in [1.807, 2.05) is 67.6 Å². The molecule has 0 aliphatic carbocycles. The summed E-state index contributed by atoms with van der Waals surface area (Å²) in [5.41, 5.74) is 2.84. The van der Waals surface area contributed by atoms with E-state index in [4.69, 9.17) is 16.6 Å². The average molecular weight is 456 g/mol. The van der Waals surface area contributed by atoms with Gasteiger partial charge in [0.2, 0.25) is 0 Å². The van der Waals surface area contributed by atoms with Crippen LogP contribution in [0.4, 0.5) is 5.69 Å². The third-order valence-electron chi connectivity index (χ3n) is 4.08. The van der Waals surface area contributed by atoms with E-state index in [0.717, 1.165) is 27.0 Å². The van der Waals surface area contributed by atoms with E-state index in [2.05, 4.69) is 15.9 Å². The summed E-state index contributed by atoms with van der Waals surface area (Å²) >= 11 is 10.1. The van der Waals surface area contributed by atoms with Crippen LogP contribution in [-0.2, 0) is 4.79 Å². The molecule has 0 saturated carbocycles. The van der Waals surface area contributed by atoms with Crippen LogP contribution in [0, 0.1) is 6.92 Å². The molecule has 1 fully saturated rings. The van der Waals surface area contributed by atoms with Gasteiger partial charge in [0.1, 0.15) is 11.5 Å². The lowest BCUT2D eigenvalue weighted by molar-refractivity contribution is -0.113. The molecule has 0 N–H and O–H groups in total. The minimum atomic E-state index is -0.128. The van der Waals surface area contributed by atoms with E-state index >= 15 is 0 Å². The van der Waals surface area contributed by atoms with Crippen molar-refractivity contribution < 1.29 is 9.21 Å². The lowest BCUT2D eigenvalue weighted by Gasteiger charge is -2.14. The van der Waals surface area contributed by atoms with E-state index in [1.54, 1.807) is 11.0 Å². The maximum absolute atomic E-state index is 12.8. The number of aryl methyl sites for hydroxylation is 1. The zero-order valence-corrected chi connectivity index (χ0v) is 17.5. The van der Waals surface area contributed by atoms with Crippen molar-refractivity contribution in [2.24, 2.45) is 0 Å². The molecular weight excluding hydrogens is 442 g/mol. The minimum Gasteiger partial charge on any atom is -0.457 e. The minimum absolute atomic E-state index is 0.128. The second kappa shape index (κ2) is 7.46. The number of amides is 1. The Morgan fingerprint density at radius 2 is 1.89 bits per heavy atom. The van der Waals surface area contributed by atoms with Gasteiger partial charge in [-0.1, -0.05) is 64.2 Å². The topological polar surface area (TPSA) is 33.5 Å². The summed E-state index contributed by atoms with van der Waals surface area (Å²) in [5.74, 6) is 1.25. The number of halogens is 1. The zero-order valence-electron chi connectivity index (χ0n) is 14.3. The van der Waals surface area contributed by atoms with Crippen LogP contribution < -0.4 is 4.90 Å². The van der Waals surface area contributed by atoms with Gasteiger partial charge < -0.3 is 4.42 Å². The smallest absolute Gasteiger partial charge is 0.270 e. The first-order valence-corrected chi connectivity index (χ1v) is 10.2. The molecule has 0 spiro atoms. The summed E-state index contributed by atoms with van der Waals surface area (Å²) in [7, 11) is 0. The monoisotopic (exact) mass is 455 g/mol. The average Bonchev–Trinajstić information content (AvgIpc) is 3.21. The van der Waals surface area contributed by atoms with Gasteiger partial charge >= 0.3 is 0 Å². The Morgan fingerprint density at radius 3 is 2.63 bits per heavy atom. The Kier molecular flexibility index (Phi) is 5.04. The summed E-state index contributed by atoms with van der Waals surface area (Å²) in [6, 6.07) is 19.4. The number of carbonyl (C=O) groups excluding carboxylic acids is 1. The van der Waals surface area contributed by atoms with Gasteiger partial charge in [-0.05, 0) is 48.9 Å². The molecule has 0 bridgehead atoms. The van der Waals surface area contributed by atoms with Crippen LogP contribution in [0.15, 0.2) is 74.5 Å². The van der Waals surface area contributed by atoms with Crippen LogP contribution in [0.25, 0.3) is 17.4 Å². The first-order valence-electron chi connectivity index (χ1n) is 8.22. The second-order valence-corrected chi connectivity index (χ2v) is 8.66. The second-order valence-electron chi connectivity index (χ2n) is 6.07. The molecule has 27 heavy (non-hydrogen) atoms. The largest absolute Gasteiger partial charge is 0.457 e. The number of anilines is 1. The standard InChI is InChI=1S/C21H14BrNO2S2/c1-13-3-2-4-16(11-13)23-20(24)19(27-21(23)26)12-17-9-10-18(25-17)14-5-7-15(22)8-6-14/h2-12H,1H3. The van der Waals surface area contributed by atoms with Crippen molar-refractivity contribution in [3.8, 4) is 11.3 Å². The zero-order chi connectivity index (χ0) is 19.0. The molecule has 2 aromatic carbocycles. The molecule has 1 aliphatic heterocycles. The van der Waals surface area contributed by atoms with Crippen LogP contribution in [0.3, 0.4) is 0 Å². The number of nitrogens with zero attached hydrogens (tertiary/aromatic N) is 1.